The molecule has 0 fully saturated rings. The molecule has 0 atom stereocenters. The van der Waals surface area contributed by atoms with Crippen LogP contribution in [0.25, 0.3) is 16.9 Å². The summed E-state index contributed by atoms with van der Waals surface area (Å²) in [7, 11) is 0. The summed E-state index contributed by atoms with van der Waals surface area (Å²) in [5, 5.41) is 4.06. The molecule has 4 nitrogen and oxygen atoms in total. The minimum Gasteiger partial charge on any atom is -0.281 e. The van der Waals surface area contributed by atoms with Crippen LogP contribution in [-0.2, 0) is 0 Å². The molecule has 3 aromatic rings. The first kappa shape index (κ1) is 13.1. The third-order valence-corrected chi connectivity index (χ3v) is 3.56. The number of benzene rings is 1. The zero-order valence-electron chi connectivity index (χ0n) is 10.5. The number of nitroso groups, excluding NO2 is 1. The molecule has 2 heterocycles. The van der Waals surface area contributed by atoms with E-state index < -0.39 is 0 Å². The Bertz CT molecular complexity index is 827. The van der Waals surface area contributed by atoms with Gasteiger partial charge in [-0.05, 0) is 41.9 Å². The zero-order chi connectivity index (χ0) is 14.3. The minimum absolute atomic E-state index is 0.230. The van der Waals surface area contributed by atoms with Crippen LogP contribution in [0.5, 0.6) is 0 Å². The van der Waals surface area contributed by atoms with Gasteiger partial charge in [-0.1, -0.05) is 29.3 Å². The molecular weight excluding hydrogens is 297 g/mol. The molecule has 0 aliphatic heterocycles. The first-order valence-corrected chi connectivity index (χ1v) is 6.63. The number of aryl methyl sites for hydroxylation is 1. The van der Waals surface area contributed by atoms with E-state index in [2.05, 4.69) is 10.2 Å². The van der Waals surface area contributed by atoms with Crippen molar-refractivity contribution in [2.75, 3.05) is 0 Å². The fraction of sp³-hybridized carbons (Fsp3) is 0.0714. The maximum absolute atomic E-state index is 11.2. The van der Waals surface area contributed by atoms with Crippen molar-refractivity contribution >= 4 is 34.7 Å². The number of hydrogen-bond donors (Lipinski definition) is 0. The summed E-state index contributed by atoms with van der Waals surface area (Å²) < 4.78 is 1.66. The van der Waals surface area contributed by atoms with Gasteiger partial charge in [0.25, 0.3) is 0 Å². The summed E-state index contributed by atoms with van der Waals surface area (Å²) in [6.07, 6.45) is 1.81. The van der Waals surface area contributed by atoms with Gasteiger partial charge in [-0.3, -0.25) is 4.40 Å². The first-order chi connectivity index (χ1) is 9.60. The SMILES string of the molecule is Cc1ccc2nc(-c3ccc(Cl)cc3Cl)c(N=O)n2c1. The second-order valence-corrected chi connectivity index (χ2v) is 5.28. The molecule has 6 heteroatoms. The van der Waals surface area contributed by atoms with E-state index in [9.17, 15) is 4.91 Å². The third-order valence-electron chi connectivity index (χ3n) is 3.01. The van der Waals surface area contributed by atoms with Crippen molar-refractivity contribution in [1.82, 2.24) is 9.38 Å². The fourth-order valence-electron chi connectivity index (χ4n) is 2.09. The number of aromatic nitrogens is 2. The van der Waals surface area contributed by atoms with E-state index in [1.807, 2.05) is 25.3 Å². The summed E-state index contributed by atoms with van der Waals surface area (Å²) in [6.45, 7) is 1.93. The molecule has 0 saturated carbocycles. The molecule has 0 spiro atoms. The van der Waals surface area contributed by atoms with Gasteiger partial charge in [-0.15, -0.1) is 4.91 Å². The van der Waals surface area contributed by atoms with Crippen LogP contribution in [0.2, 0.25) is 10.0 Å². The Morgan fingerprint density at radius 1 is 1.20 bits per heavy atom. The van der Waals surface area contributed by atoms with E-state index in [0.29, 0.717) is 26.9 Å². The number of imidazole rings is 1. The predicted octanol–water partition coefficient (Wildman–Crippen LogP) is 5.01. The molecule has 0 aliphatic rings. The quantitative estimate of drug-likeness (QED) is 0.624. The molecule has 0 N–H and O–H groups in total. The minimum atomic E-state index is 0.230. The van der Waals surface area contributed by atoms with E-state index in [4.69, 9.17) is 23.2 Å². The van der Waals surface area contributed by atoms with Crippen molar-refractivity contribution in [3.8, 4) is 11.3 Å². The van der Waals surface area contributed by atoms with E-state index in [0.717, 1.165) is 5.56 Å². The fourth-order valence-corrected chi connectivity index (χ4v) is 2.59. The normalized spacial score (nSPS) is 10.9. The van der Waals surface area contributed by atoms with E-state index in [-0.39, 0.29) is 5.82 Å². The Hall–Kier alpha value is -1.91. The van der Waals surface area contributed by atoms with Crippen LogP contribution in [0, 0.1) is 11.8 Å². The summed E-state index contributed by atoms with van der Waals surface area (Å²) >= 11 is 12.1. The van der Waals surface area contributed by atoms with Crippen molar-refractivity contribution in [2.45, 2.75) is 6.92 Å². The summed E-state index contributed by atoms with van der Waals surface area (Å²) in [6, 6.07) is 8.80. The van der Waals surface area contributed by atoms with Gasteiger partial charge in [0.2, 0.25) is 5.82 Å². The first-order valence-electron chi connectivity index (χ1n) is 5.87. The molecule has 0 bridgehead atoms. The van der Waals surface area contributed by atoms with Crippen LogP contribution in [0.4, 0.5) is 5.82 Å². The molecule has 3 rings (SSSR count). The smallest absolute Gasteiger partial charge is 0.209 e. The highest BCUT2D eigenvalue weighted by Gasteiger charge is 2.17. The van der Waals surface area contributed by atoms with Crippen molar-refractivity contribution in [3.63, 3.8) is 0 Å². The number of nitrogens with zero attached hydrogens (tertiary/aromatic N) is 3. The lowest BCUT2D eigenvalue weighted by atomic mass is 10.1. The third kappa shape index (κ3) is 2.07. The van der Waals surface area contributed by atoms with Crippen molar-refractivity contribution < 1.29 is 0 Å². The van der Waals surface area contributed by atoms with Gasteiger partial charge < -0.3 is 0 Å². The standard InChI is InChI=1S/C14H9Cl2N3O/c1-8-2-5-12-17-13(14(18-20)19(12)7-8)10-4-3-9(15)6-11(10)16/h2-7H,1H3. The number of halogens is 2. The number of pyridine rings is 1. The van der Waals surface area contributed by atoms with Crippen LogP contribution >= 0.6 is 23.2 Å². The monoisotopic (exact) mass is 305 g/mol. The zero-order valence-corrected chi connectivity index (χ0v) is 12.0. The second-order valence-electron chi connectivity index (χ2n) is 4.43. The topological polar surface area (TPSA) is 46.7 Å². The molecule has 100 valence electrons. The van der Waals surface area contributed by atoms with Gasteiger partial charge in [-0.2, -0.15) is 0 Å². The Kier molecular flexibility index (Phi) is 3.20. The largest absolute Gasteiger partial charge is 0.281 e. The highest BCUT2D eigenvalue weighted by molar-refractivity contribution is 6.36. The molecule has 0 aliphatic carbocycles. The molecule has 0 amide bonds. The van der Waals surface area contributed by atoms with E-state index in [1.54, 1.807) is 22.6 Å². The molecular formula is C14H9Cl2N3O. The van der Waals surface area contributed by atoms with E-state index >= 15 is 0 Å². The lowest BCUT2D eigenvalue weighted by Crippen LogP contribution is -1.84. The number of rotatable bonds is 2. The van der Waals surface area contributed by atoms with Gasteiger partial charge in [-0.25, -0.2) is 4.98 Å². The predicted molar refractivity (Wildman–Crippen MR) is 80.8 cm³/mol. The van der Waals surface area contributed by atoms with Crippen LogP contribution in [-0.4, -0.2) is 9.38 Å². The number of hydrogen-bond acceptors (Lipinski definition) is 3. The highest BCUT2D eigenvalue weighted by Crippen LogP contribution is 2.36. The van der Waals surface area contributed by atoms with Crippen molar-refractivity contribution in [2.24, 2.45) is 5.18 Å². The van der Waals surface area contributed by atoms with Crippen LogP contribution in [0.3, 0.4) is 0 Å². The molecule has 0 unspecified atom stereocenters. The lowest BCUT2D eigenvalue weighted by Gasteiger charge is -2.01. The molecule has 1 aromatic carbocycles. The summed E-state index contributed by atoms with van der Waals surface area (Å²) in [5.41, 5.74) is 2.74. The maximum Gasteiger partial charge on any atom is 0.209 e. The summed E-state index contributed by atoms with van der Waals surface area (Å²) in [4.78, 5) is 15.6. The number of fused-ring (bicyclic) bond motifs is 1. The Morgan fingerprint density at radius 2 is 2.00 bits per heavy atom. The van der Waals surface area contributed by atoms with Crippen LogP contribution < -0.4 is 0 Å². The van der Waals surface area contributed by atoms with E-state index in [1.165, 1.54) is 0 Å². The van der Waals surface area contributed by atoms with Crippen LogP contribution in [0.15, 0.2) is 41.7 Å². The molecule has 2 aromatic heterocycles. The highest BCUT2D eigenvalue weighted by atomic mass is 35.5. The van der Waals surface area contributed by atoms with Gasteiger partial charge in [0.05, 0.1) is 5.02 Å². The molecule has 20 heavy (non-hydrogen) atoms. The second kappa shape index (κ2) is 4.89. The Labute approximate surface area is 124 Å². The summed E-state index contributed by atoms with van der Waals surface area (Å²) in [5.74, 6) is 0.230. The lowest BCUT2D eigenvalue weighted by molar-refractivity contribution is 1.14. The van der Waals surface area contributed by atoms with Gasteiger partial charge in [0.15, 0.2) is 0 Å². The van der Waals surface area contributed by atoms with Gasteiger partial charge in [0.1, 0.15) is 11.3 Å². The van der Waals surface area contributed by atoms with Crippen LogP contribution in [0.1, 0.15) is 5.56 Å². The Morgan fingerprint density at radius 3 is 2.70 bits per heavy atom. The molecule has 0 saturated heterocycles. The average Bonchev–Trinajstić information content (AvgIpc) is 2.76. The van der Waals surface area contributed by atoms with Gasteiger partial charge >= 0.3 is 0 Å². The van der Waals surface area contributed by atoms with Crippen molar-refractivity contribution in [3.05, 3.63) is 57.0 Å². The Balaban J connectivity index is 2.33. The average molecular weight is 306 g/mol. The maximum atomic E-state index is 11.2. The van der Waals surface area contributed by atoms with Gasteiger partial charge in [0, 0.05) is 16.8 Å². The van der Waals surface area contributed by atoms with Crippen molar-refractivity contribution in [1.29, 1.82) is 0 Å². The molecule has 0 radical (unpaired) electrons.